The van der Waals surface area contributed by atoms with E-state index in [0.717, 1.165) is 11.1 Å². The summed E-state index contributed by atoms with van der Waals surface area (Å²) in [5, 5.41) is 8.34. The molecule has 5 nitrogen and oxygen atoms in total. The highest BCUT2D eigenvalue weighted by Crippen LogP contribution is 2.14. The zero-order chi connectivity index (χ0) is 19.3. The number of nitrogens with zero attached hydrogens (tertiary/aromatic N) is 2. The molecule has 1 amide bonds. The van der Waals surface area contributed by atoms with Crippen molar-refractivity contribution in [2.75, 3.05) is 0 Å². The number of aromatic nitrogens is 2. The van der Waals surface area contributed by atoms with Gasteiger partial charge in [0.2, 0.25) is 0 Å². The topological polar surface area (TPSA) is 64.0 Å². The molecule has 0 atom stereocenters. The van der Waals surface area contributed by atoms with Crippen LogP contribution in [0.25, 0.3) is 10.8 Å². The molecular weight excluding hydrogens is 350 g/mol. The van der Waals surface area contributed by atoms with Crippen molar-refractivity contribution < 1.29 is 4.79 Å². The molecular formula is C23H19N3O2. The van der Waals surface area contributed by atoms with Crippen molar-refractivity contribution in [1.29, 1.82) is 0 Å². The Morgan fingerprint density at radius 3 is 2.04 bits per heavy atom. The summed E-state index contributed by atoms with van der Waals surface area (Å²) in [5.74, 6) is -0.304. The lowest BCUT2D eigenvalue weighted by molar-refractivity contribution is 0.0945. The highest BCUT2D eigenvalue weighted by Gasteiger charge is 2.16. The molecule has 0 spiro atoms. The molecule has 0 saturated heterocycles. The van der Waals surface area contributed by atoms with Gasteiger partial charge in [0.25, 0.3) is 11.5 Å². The van der Waals surface area contributed by atoms with Gasteiger partial charge in [-0.1, -0.05) is 78.9 Å². The minimum Gasteiger partial charge on any atom is -0.347 e. The third-order valence-electron chi connectivity index (χ3n) is 4.55. The summed E-state index contributed by atoms with van der Waals surface area (Å²) in [6.45, 7) is 0.705. The maximum Gasteiger partial charge on any atom is 0.274 e. The number of fused-ring (bicyclic) bond motifs is 1. The maximum atomic E-state index is 12.9. The van der Waals surface area contributed by atoms with Gasteiger partial charge < -0.3 is 5.32 Å². The van der Waals surface area contributed by atoms with Crippen LogP contribution >= 0.6 is 0 Å². The quantitative estimate of drug-likeness (QED) is 0.587. The van der Waals surface area contributed by atoms with E-state index < -0.39 is 0 Å². The molecule has 4 aromatic rings. The number of benzene rings is 3. The highest BCUT2D eigenvalue weighted by molar-refractivity contribution is 6.04. The van der Waals surface area contributed by atoms with Gasteiger partial charge >= 0.3 is 0 Å². The number of carbonyl (C=O) groups is 1. The number of hydrogen-bond acceptors (Lipinski definition) is 3. The molecule has 0 aliphatic carbocycles. The van der Waals surface area contributed by atoms with E-state index >= 15 is 0 Å². The van der Waals surface area contributed by atoms with Crippen LogP contribution in [-0.2, 0) is 13.1 Å². The fourth-order valence-corrected chi connectivity index (χ4v) is 3.13. The molecule has 3 aromatic carbocycles. The Labute approximate surface area is 162 Å². The second-order valence-corrected chi connectivity index (χ2v) is 6.51. The number of amides is 1. The lowest BCUT2D eigenvalue weighted by Gasteiger charge is -2.11. The van der Waals surface area contributed by atoms with Crippen molar-refractivity contribution in [2.24, 2.45) is 0 Å². The highest BCUT2D eigenvalue weighted by atomic mass is 16.2. The Balaban J connectivity index is 1.71. The van der Waals surface area contributed by atoms with Crippen LogP contribution in [0.1, 0.15) is 21.6 Å². The molecule has 0 aliphatic rings. The van der Waals surface area contributed by atoms with Gasteiger partial charge in [0.1, 0.15) is 0 Å². The summed E-state index contributed by atoms with van der Waals surface area (Å²) in [5.41, 5.74) is 1.99. The number of nitrogens with one attached hydrogen (secondary N) is 1. The average molecular weight is 369 g/mol. The molecule has 0 fully saturated rings. The van der Waals surface area contributed by atoms with E-state index in [0.29, 0.717) is 23.9 Å². The van der Waals surface area contributed by atoms with E-state index in [-0.39, 0.29) is 17.2 Å². The molecule has 0 unspecified atom stereocenters. The first-order valence-corrected chi connectivity index (χ1v) is 9.08. The van der Waals surface area contributed by atoms with Gasteiger partial charge in [-0.25, -0.2) is 4.68 Å². The standard InChI is InChI=1S/C23H19N3O2/c27-22(24-15-17-9-3-1-4-10-17)21-19-13-7-8-14-20(19)23(28)26(25-21)16-18-11-5-2-6-12-18/h1-14H,15-16H2,(H,24,27). The van der Waals surface area contributed by atoms with E-state index in [1.165, 1.54) is 4.68 Å². The molecule has 138 valence electrons. The van der Waals surface area contributed by atoms with Gasteiger partial charge in [0, 0.05) is 11.9 Å². The van der Waals surface area contributed by atoms with Crippen molar-refractivity contribution in [3.63, 3.8) is 0 Å². The molecule has 1 aromatic heterocycles. The SMILES string of the molecule is O=C(NCc1ccccc1)c1nn(Cc2ccccc2)c(=O)c2ccccc12. The van der Waals surface area contributed by atoms with Crippen molar-refractivity contribution in [2.45, 2.75) is 13.1 Å². The summed E-state index contributed by atoms with van der Waals surface area (Å²) < 4.78 is 1.36. The van der Waals surface area contributed by atoms with Crippen molar-refractivity contribution in [3.8, 4) is 0 Å². The fraction of sp³-hybridized carbons (Fsp3) is 0.0870. The Hall–Kier alpha value is -3.73. The van der Waals surface area contributed by atoms with Gasteiger partial charge in [-0.15, -0.1) is 0 Å². The monoisotopic (exact) mass is 369 g/mol. The molecule has 28 heavy (non-hydrogen) atoms. The van der Waals surface area contributed by atoms with Crippen LogP contribution in [0.3, 0.4) is 0 Å². The smallest absolute Gasteiger partial charge is 0.274 e. The number of hydrogen-bond donors (Lipinski definition) is 1. The predicted octanol–water partition coefficient (Wildman–Crippen LogP) is 3.37. The Bertz CT molecular complexity index is 1170. The van der Waals surface area contributed by atoms with E-state index in [1.54, 1.807) is 24.3 Å². The van der Waals surface area contributed by atoms with Crippen LogP contribution in [0, 0.1) is 0 Å². The minimum atomic E-state index is -0.304. The van der Waals surface area contributed by atoms with Gasteiger partial charge in [-0.2, -0.15) is 5.10 Å². The summed E-state index contributed by atoms with van der Waals surface area (Å²) in [7, 11) is 0. The largest absolute Gasteiger partial charge is 0.347 e. The van der Waals surface area contributed by atoms with Crippen LogP contribution in [0.4, 0.5) is 0 Å². The van der Waals surface area contributed by atoms with Crippen LogP contribution in [0.2, 0.25) is 0 Å². The fourth-order valence-electron chi connectivity index (χ4n) is 3.13. The Morgan fingerprint density at radius 2 is 1.36 bits per heavy atom. The molecule has 0 saturated carbocycles. The van der Waals surface area contributed by atoms with Crippen LogP contribution in [0.15, 0.2) is 89.7 Å². The van der Waals surface area contributed by atoms with Gasteiger partial charge in [0.05, 0.1) is 11.9 Å². The second-order valence-electron chi connectivity index (χ2n) is 6.51. The van der Waals surface area contributed by atoms with Crippen molar-refractivity contribution >= 4 is 16.7 Å². The van der Waals surface area contributed by atoms with E-state index in [1.807, 2.05) is 60.7 Å². The summed E-state index contributed by atoms with van der Waals surface area (Å²) >= 11 is 0. The first-order chi connectivity index (χ1) is 13.7. The summed E-state index contributed by atoms with van der Waals surface area (Å²) in [6.07, 6.45) is 0. The average Bonchev–Trinajstić information content (AvgIpc) is 2.75. The molecule has 5 heteroatoms. The number of rotatable bonds is 5. The zero-order valence-electron chi connectivity index (χ0n) is 15.2. The van der Waals surface area contributed by atoms with Gasteiger partial charge in [-0.05, 0) is 17.2 Å². The van der Waals surface area contributed by atoms with E-state index in [4.69, 9.17) is 0 Å². The summed E-state index contributed by atoms with van der Waals surface area (Å²) in [6, 6.07) is 26.4. The Morgan fingerprint density at radius 1 is 0.786 bits per heavy atom. The molecule has 0 bridgehead atoms. The van der Waals surface area contributed by atoms with E-state index in [2.05, 4.69) is 10.4 Å². The first kappa shape index (κ1) is 17.7. The van der Waals surface area contributed by atoms with E-state index in [9.17, 15) is 9.59 Å². The van der Waals surface area contributed by atoms with Gasteiger partial charge in [-0.3, -0.25) is 9.59 Å². The molecule has 1 heterocycles. The number of carbonyl (C=O) groups excluding carboxylic acids is 1. The lowest BCUT2D eigenvalue weighted by Crippen LogP contribution is -2.30. The minimum absolute atomic E-state index is 0.209. The van der Waals surface area contributed by atoms with Crippen LogP contribution in [-0.4, -0.2) is 15.7 Å². The first-order valence-electron chi connectivity index (χ1n) is 9.08. The third kappa shape index (κ3) is 3.69. The predicted molar refractivity (Wildman–Crippen MR) is 109 cm³/mol. The molecule has 1 N–H and O–H groups in total. The van der Waals surface area contributed by atoms with Crippen LogP contribution in [0.5, 0.6) is 0 Å². The van der Waals surface area contributed by atoms with Crippen molar-refractivity contribution in [3.05, 3.63) is 112 Å². The molecule has 4 rings (SSSR count). The lowest BCUT2D eigenvalue weighted by atomic mass is 10.1. The summed E-state index contributed by atoms with van der Waals surface area (Å²) in [4.78, 5) is 25.7. The maximum absolute atomic E-state index is 12.9. The third-order valence-corrected chi connectivity index (χ3v) is 4.55. The van der Waals surface area contributed by atoms with Crippen molar-refractivity contribution in [1.82, 2.24) is 15.1 Å². The molecule has 0 aliphatic heterocycles. The van der Waals surface area contributed by atoms with Crippen LogP contribution < -0.4 is 10.9 Å². The normalized spacial score (nSPS) is 10.7. The van der Waals surface area contributed by atoms with Gasteiger partial charge in [0.15, 0.2) is 5.69 Å². The molecule has 0 radical (unpaired) electrons. The zero-order valence-corrected chi connectivity index (χ0v) is 15.2. The second kappa shape index (κ2) is 7.88. The Kier molecular flexibility index (Phi) is 4.97.